The third kappa shape index (κ3) is 11.1. The number of hydrogen-bond donors (Lipinski definition) is 1. The Labute approximate surface area is 274 Å². The molecule has 0 spiro atoms. The van der Waals surface area contributed by atoms with Crippen LogP contribution in [0, 0.1) is 24.7 Å². The molecule has 2 amide bonds. The van der Waals surface area contributed by atoms with Crippen LogP contribution in [-0.2, 0) is 32.0 Å². The van der Waals surface area contributed by atoms with Crippen LogP contribution in [0.25, 0.3) is 0 Å². The van der Waals surface area contributed by atoms with Gasteiger partial charge in [-0.3, -0.25) is 9.59 Å². The molecule has 250 valence electrons. The number of rotatable bonds is 18. The van der Waals surface area contributed by atoms with Crippen LogP contribution in [0.2, 0.25) is 18.1 Å². The van der Waals surface area contributed by atoms with E-state index >= 15 is 0 Å². The van der Waals surface area contributed by atoms with Crippen molar-refractivity contribution in [2.75, 3.05) is 14.2 Å². The van der Waals surface area contributed by atoms with Crippen molar-refractivity contribution in [3.63, 3.8) is 0 Å². The second-order valence-electron chi connectivity index (χ2n) is 13.8. The van der Waals surface area contributed by atoms with E-state index in [0.29, 0.717) is 12.8 Å². The number of methoxy groups -OCH3 is 1. The molecule has 0 aliphatic carbocycles. The normalized spacial score (nSPS) is 13.8. The lowest BCUT2D eigenvalue weighted by Crippen LogP contribution is -2.54. The fraction of sp³-hybridized carbons (Fsp3) is 0.605. The van der Waals surface area contributed by atoms with E-state index in [1.165, 1.54) is 54.4 Å². The summed E-state index contributed by atoms with van der Waals surface area (Å²) < 4.78 is 5.10. The largest absolute Gasteiger partial charge is 0.467 e. The van der Waals surface area contributed by atoms with Crippen molar-refractivity contribution >= 4 is 31.0 Å². The van der Waals surface area contributed by atoms with Gasteiger partial charge in [-0.15, -0.1) is 0 Å². The van der Waals surface area contributed by atoms with E-state index in [4.69, 9.17) is 4.74 Å². The summed E-state index contributed by atoms with van der Waals surface area (Å²) in [5.41, 5.74) is 3.69. The zero-order valence-corrected chi connectivity index (χ0v) is 30.7. The predicted molar refractivity (Wildman–Crippen MR) is 189 cm³/mol. The van der Waals surface area contributed by atoms with Gasteiger partial charge in [0.2, 0.25) is 11.8 Å². The van der Waals surface area contributed by atoms with Crippen LogP contribution in [0.15, 0.2) is 48.5 Å². The van der Waals surface area contributed by atoms with Crippen LogP contribution < -0.4 is 10.5 Å². The van der Waals surface area contributed by atoms with E-state index < -0.39 is 26.1 Å². The molecule has 2 aromatic rings. The topological polar surface area (TPSA) is 75.7 Å². The van der Waals surface area contributed by atoms with Crippen molar-refractivity contribution in [1.29, 1.82) is 0 Å². The Hall–Kier alpha value is -2.93. The lowest BCUT2D eigenvalue weighted by Gasteiger charge is -2.32. The lowest BCUT2D eigenvalue weighted by molar-refractivity contribution is -0.147. The van der Waals surface area contributed by atoms with E-state index in [1.807, 2.05) is 34.6 Å². The zero-order chi connectivity index (χ0) is 33.7. The molecule has 7 heteroatoms. The Bertz CT molecular complexity index is 1210. The molecule has 0 heterocycles. The predicted octanol–water partition coefficient (Wildman–Crippen LogP) is 7.08. The Morgan fingerprint density at radius 1 is 0.867 bits per heavy atom. The van der Waals surface area contributed by atoms with E-state index in [0.717, 1.165) is 12.0 Å². The summed E-state index contributed by atoms with van der Waals surface area (Å²) in [6.45, 7) is 16.8. The van der Waals surface area contributed by atoms with E-state index in [2.05, 4.69) is 74.6 Å². The second kappa shape index (κ2) is 18.3. The van der Waals surface area contributed by atoms with E-state index in [9.17, 15) is 14.4 Å². The van der Waals surface area contributed by atoms with Crippen LogP contribution in [0.3, 0.4) is 0 Å². The van der Waals surface area contributed by atoms with Crippen molar-refractivity contribution in [3.05, 3.63) is 65.2 Å². The minimum absolute atomic E-state index is 0.0642. The average Bonchev–Trinajstić information content (AvgIpc) is 3.03. The highest BCUT2D eigenvalue weighted by Crippen LogP contribution is 2.25. The summed E-state index contributed by atoms with van der Waals surface area (Å²) in [6, 6.07) is 19.8. The Morgan fingerprint density at radius 3 is 1.96 bits per heavy atom. The standard InChI is InChI=1S/C38H60N2O4Si/c1-11-45(12-2,24-14-13-15-31-18-16-29(7)17-19-31)33-22-20-32(21-23-33)26-34(38(43)44-10)39-36(41)35(25-27(3)4)40(9)37(42)30(8)28(5)6/h16-23,27-28,30,34-35H,11-15,24-26H2,1-10H3,(H,39,41)/t30-,34-,35-/m0/s1. The quantitative estimate of drug-likeness (QED) is 0.108. The minimum Gasteiger partial charge on any atom is -0.467 e. The maximum absolute atomic E-state index is 13.6. The molecular formula is C38H60N2O4Si. The number of benzene rings is 2. The first kappa shape index (κ1) is 38.3. The first-order valence-electron chi connectivity index (χ1n) is 17.1. The molecular weight excluding hydrogens is 577 g/mol. The molecule has 6 nitrogen and oxygen atoms in total. The number of hydrogen-bond acceptors (Lipinski definition) is 4. The summed E-state index contributed by atoms with van der Waals surface area (Å²) in [4.78, 5) is 41.2. The molecule has 0 aromatic heterocycles. The van der Waals surface area contributed by atoms with E-state index in [1.54, 1.807) is 11.9 Å². The van der Waals surface area contributed by atoms with Crippen molar-refractivity contribution in [3.8, 4) is 0 Å². The molecule has 0 fully saturated rings. The van der Waals surface area contributed by atoms with Gasteiger partial charge in [-0.2, -0.15) is 0 Å². The van der Waals surface area contributed by atoms with Crippen molar-refractivity contribution in [1.82, 2.24) is 10.2 Å². The van der Waals surface area contributed by atoms with Crippen LogP contribution in [0.5, 0.6) is 0 Å². The maximum Gasteiger partial charge on any atom is 0.328 e. The number of carbonyl (C=O) groups excluding carboxylic acids is 3. The van der Waals surface area contributed by atoms with Crippen molar-refractivity contribution in [2.45, 2.75) is 118 Å². The highest BCUT2D eigenvalue weighted by Gasteiger charge is 2.34. The van der Waals surface area contributed by atoms with Gasteiger partial charge in [0.05, 0.1) is 15.2 Å². The highest BCUT2D eigenvalue weighted by molar-refractivity contribution is 6.91. The number of aryl methyl sites for hydroxylation is 2. The number of esters is 1. The molecule has 0 unspecified atom stereocenters. The zero-order valence-electron chi connectivity index (χ0n) is 29.7. The molecule has 2 aromatic carbocycles. The monoisotopic (exact) mass is 636 g/mol. The summed E-state index contributed by atoms with van der Waals surface area (Å²) in [5, 5.41) is 4.40. The Kier molecular flexibility index (Phi) is 15.5. The molecule has 0 aliphatic rings. The fourth-order valence-corrected chi connectivity index (χ4v) is 10.3. The van der Waals surface area contributed by atoms with Crippen LogP contribution in [0.4, 0.5) is 0 Å². The Morgan fingerprint density at radius 2 is 1.44 bits per heavy atom. The Balaban J connectivity index is 2.16. The number of likely N-dealkylation sites (N-methyl/N-ethyl adjacent to an activating group) is 1. The fourth-order valence-electron chi connectivity index (χ4n) is 6.18. The van der Waals surface area contributed by atoms with Crippen LogP contribution >= 0.6 is 0 Å². The van der Waals surface area contributed by atoms with Crippen LogP contribution in [0.1, 0.15) is 84.4 Å². The van der Waals surface area contributed by atoms with Gasteiger partial charge in [-0.25, -0.2) is 4.79 Å². The number of nitrogens with zero attached hydrogens (tertiary/aromatic N) is 1. The molecule has 2 rings (SSSR count). The van der Waals surface area contributed by atoms with Gasteiger partial charge in [-0.1, -0.05) is 132 Å². The van der Waals surface area contributed by atoms with Crippen molar-refractivity contribution in [2.24, 2.45) is 17.8 Å². The van der Waals surface area contributed by atoms with Gasteiger partial charge in [0.1, 0.15) is 12.1 Å². The first-order valence-corrected chi connectivity index (χ1v) is 19.7. The van der Waals surface area contributed by atoms with Gasteiger partial charge in [-0.05, 0) is 49.1 Å². The summed E-state index contributed by atoms with van der Waals surface area (Å²) in [6.07, 6.45) is 4.38. The van der Waals surface area contributed by atoms with Gasteiger partial charge in [0.25, 0.3) is 0 Å². The lowest BCUT2D eigenvalue weighted by atomic mass is 9.94. The third-order valence-corrected chi connectivity index (χ3v) is 15.4. The molecule has 0 radical (unpaired) electrons. The molecule has 1 N–H and O–H groups in total. The summed E-state index contributed by atoms with van der Waals surface area (Å²) >= 11 is 0. The summed E-state index contributed by atoms with van der Waals surface area (Å²) in [5.74, 6) is -0.725. The van der Waals surface area contributed by atoms with Gasteiger partial charge in [0.15, 0.2) is 0 Å². The number of carbonyl (C=O) groups is 3. The SMILES string of the molecule is CC[Si](CC)(CCCCc1ccc(C)cc1)c1ccc(C[C@H](NC(=O)[C@H](CC(C)C)N(C)C(=O)[C@@H](C)C(C)C)C(=O)OC)cc1. The third-order valence-electron chi connectivity index (χ3n) is 9.86. The first-order chi connectivity index (χ1) is 21.3. The molecule has 3 atom stereocenters. The number of ether oxygens (including phenoxy) is 1. The number of amides is 2. The maximum atomic E-state index is 13.6. The number of nitrogens with one attached hydrogen (secondary N) is 1. The van der Waals surface area contributed by atoms with Crippen molar-refractivity contribution < 1.29 is 19.1 Å². The molecule has 0 saturated carbocycles. The van der Waals surface area contributed by atoms with Gasteiger partial charge >= 0.3 is 5.97 Å². The number of unbranched alkanes of at least 4 members (excludes halogenated alkanes) is 1. The second-order valence-corrected chi connectivity index (χ2v) is 18.8. The molecule has 0 bridgehead atoms. The summed E-state index contributed by atoms with van der Waals surface area (Å²) in [7, 11) is 1.38. The smallest absolute Gasteiger partial charge is 0.328 e. The average molecular weight is 637 g/mol. The molecule has 0 saturated heterocycles. The van der Waals surface area contributed by atoms with E-state index in [-0.39, 0.29) is 29.6 Å². The minimum atomic E-state index is -1.65. The molecule has 0 aliphatic heterocycles. The van der Waals surface area contributed by atoms with Gasteiger partial charge < -0.3 is 15.0 Å². The highest BCUT2D eigenvalue weighted by atomic mass is 28.3. The van der Waals surface area contributed by atoms with Crippen LogP contribution in [-0.4, -0.2) is 57.0 Å². The van der Waals surface area contributed by atoms with Gasteiger partial charge in [0, 0.05) is 19.4 Å². The molecule has 45 heavy (non-hydrogen) atoms.